The lowest BCUT2D eigenvalue weighted by atomic mass is 10.2. The molecule has 148 valence electrons. The summed E-state index contributed by atoms with van der Waals surface area (Å²) in [5.74, 6) is 0.657. The number of carbonyl (C=O) groups excluding carboxylic acids is 2. The van der Waals surface area contributed by atoms with Gasteiger partial charge in [-0.1, -0.05) is 0 Å². The number of nitrogens with zero attached hydrogens (tertiary/aromatic N) is 1. The quantitative estimate of drug-likeness (QED) is 0.404. The molecule has 0 atom stereocenters. The minimum absolute atomic E-state index is 0.152. The summed E-state index contributed by atoms with van der Waals surface area (Å²) >= 11 is 0. The number of ether oxygens (including phenoxy) is 4. The lowest BCUT2D eigenvalue weighted by Crippen LogP contribution is -2.18. The van der Waals surface area contributed by atoms with Gasteiger partial charge in [0.1, 0.15) is 17.2 Å². The fraction of sp³-hybridized carbons (Fsp3) is 0.250. The first-order valence-corrected chi connectivity index (χ1v) is 8.51. The van der Waals surface area contributed by atoms with Crippen LogP contribution >= 0.6 is 0 Å². The molecule has 8 heteroatoms. The van der Waals surface area contributed by atoms with E-state index in [9.17, 15) is 9.59 Å². The number of hydrogen-bond donors (Lipinski definition) is 1. The van der Waals surface area contributed by atoms with Crippen LogP contribution in [0.2, 0.25) is 0 Å². The molecule has 2 aromatic rings. The lowest BCUT2D eigenvalue weighted by molar-refractivity contribution is -0.145. The van der Waals surface area contributed by atoms with E-state index in [1.807, 2.05) is 0 Å². The molecule has 0 heterocycles. The number of benzene rings is 2. The third-order valence-corrected chi connectivity index (χ3v) is 3.58. The monoisotopic (exact) mass is 386 g/mol. The van der Waals surface area contributed by atoms with Gasteiger partial charge < -0.3 is 18.9 Å². The first-order valence-electron chi connectivity index (χ1n) is 8.51. The highest BCUT2D eigenvalue weighted by molar-refractivity contribution is 5.97. The van der Waals surface area contributed by atoms with E-state index in [2.05, 4.69) is 10.5 Å². The predicted molar refractivity (Wildman–Crippen MR) is 103 cm³/mol. The zero-order chi connectivity index (χ0) is 20.4. The Labute approximate surface area is 163 Å². The smallest absolute Gasteiger partial charge is 0.344 e. The molecule has 0 aromatic heterocycles. The standard InChI is InChI=1S/C20H22N2O6/c1-4-27-19(23)13-28-15-7-5-14(6-8-15)12-21-22-20(24)17-10-9-16(25-2)11-18(17)26-3/h5-12H,4,13H2,1-3H3,(H,22,24)/b21-12-. The van der Waals surface area contributed by atoms with Crippen molar-refractivity contribution in [1.29, 1.82) is 0 Å². The van der Waals surface area contributed by atoms with Crippen LogP contribution in [0.15, 0.2) is 47.6 Å². The summed E-state index contributed by atoms with van der Waals surface area (Å²) in [6.07, 6.45) is 1.49. The molecule has 0 fully saturated rings. The SMILES string of the molecule is CCOC(=O)COc1ccc(/C=N\NC(=O)c2ccc(OC)cc2OC)cc1. The van der Waals surface area contributed by atoms with Crippen LogP contribution in [0.5, 0.6) is 17.2 Å². The molecule has 0 radical (unpaired) electrons. The number of nitrogens with one attached hydrogen (secondary N) is 1. The Balaban J connectivity index is 1.92. The topological polar surface area (TPSA) is 95.5 Å². The molecule has 0 aliphatic rings. The molecule has 2 aromatic carbocycles. The van der Waals surface area contributed by atoms with E-state index in [4.69, 9.17) is 18.9 Å². The average molecular weight is 386 g/mol. The van der Waals surface area contributed by atoms with E-state index in [-0.39, 0.29) is 6.61 Å². The molecule has 0 spiro atoms. The van der Waals surface area contributed by atoms with Crippen LogP contribution < -0.4 is 19.6 Å². The third-order valence-electron chi connectivity index (χ3n) is 3.58. The molecule has 0 aliphatic heterocycles. The number of methoxy groups -OCH3 is 2. The van der Waals surface area contributed by atoms with Gasteiger partial charge in [-0.15, -0.1) is 0 Å². The highest BCUT2D eigenvalue weighted by Crippen LogP contribution is 2.24. The van der Waals surface area contributed by atoms with Gasteiger partial charge in [0.25, 0.3) is 5.91 Å². The Hall–Kier alpha value is -3.55. The van der Waals surface area contributed by atoms with Crippen LogP contribution in [-0.2, 0) is 9.53 Å². The summed E-state index contributed by atoms with van der Waals surface area (Å²) in [4.78, 5) is 23.5. The van der Waals surface area contributed by atoms with Crippen LogP contribution in [0.1, 0.15) is 22.8 Å². The number of carbonyl (C=O) groups is 2. The Bertz CT molecular complexity index is 833. The number of hydrazone groups is 1. The fourth-order valence-corrected chi connectivity index (χ4v) is 2.21. The van der Waals surface area contributed by atoms with Gasteiger partial charge in [0.2, 0.25) is 0 Å². The van der Waals surface area contributed by atoms with Crippen LogP contribution in [-0.4, -0.2) is 45.5 Å². The van der Waals surface area contributed by atoms with Crippen LogP contribution in [0.3, 0.4) is 0 Å². The maximum Gasteiger partial charge on any atom is 0.344 e. The molecule has 0 saturated carbocycles. The highest BCUT2D eigenvalue weighted by atomic mass is 16.6. The molecule has 0 aliphatic carbocycles. The molecule has 0 bridgehead atoms. The molecule has 1 N–H and O–H groups in total. The van der Waals surface area contributed by atoms with E-state index >= 15 is 0 Å². The van der Waals surface area contributed by atoms with Gasteiger partial charge in [-0.2, -0.15) is 5.10 Å². The van der Waals surface area contributed by atoms with Crippen molar-refractivity contribution < 1.29 is 28.5 Å². The predicted octanol–water partition coefficient (Wildman–Crippen LogP) is 2.41. The lowest BCUT2D eigenvalue weighted by Gasteiger charge is -2.09. The number of hydrogen-bond acceptors (Lipinski definition) is 7. The van der Waals surface area contributed by atoms with Crippen molar-refractivity contribution >= 4 is 18.1 Å². The summed E-state index contributed by atoms with van der Waals surface area (Å²) in [5.41, 5.74) is 3.52. The van der Waals surface area contributed by atoms with Crippen molar-refractivity contribution in [3.05, 3.63) is 53.6 Å². The Morgan fingerprint density at radius 2 is 1.75 bits per heavy atom. The van der Waals surface area contributed by atoms with Gasteiger partial charge in [0, 0.05) is 6.07 Å². The van der Waals surface area contributed by atoms with Gasteiger partial charge in [0.15, 0.2) is 6.61 Å². The Morgan fingerprint density at radius 3 is 2.39 bits per heavy atom. The minimum atomic E-state index is -0.426. The van der Waals surface area contributed by atoms with Gasteiger partial charge in [-0.25, -0.2) is 10.2 Å². The van der Waals surface area contributed by atoms with E-state index in [1.165, 1.54) is 20.4 Å². The van der Waals surface area contributed by atoms with E-state index < -0.39 is 11.9 Å². The second kappa shape index (κ2) is 10.6. The molecule has 2 rings (SSSR count). The number of rotatable bonds is 9. The average Bonchev–Trinajstić information content (AvgIpc) is 2.72. The summed E-state index contributed by atoms with van der Waals surface area (Å²) in [6, 6.07) is 11.7. The maximum atomic E-state index is 12.3. The van der Waals surface area contributed by atoms with Crippen molar-refractivity contribution in [2.24, 2.45) is 5.10 Å². The number of amides is 1. The Morgan fingerprint density at radius 1 is 1.04 bits per heavy atom. The van der Waals surface area contributed by atoms with Gasteiger partial charge in [-0.3, -0.25) is 4.79 Å². The second-order valence-corrected chi connectivity index (χ2v) is 5.43. The molecule has 8 nitrogen and oxygen atoms in total. The van der Waals surface area contributed by atoms with Crippen molar-refractivity contribution in [1.82, 2.24) is 5.43 Å². The molecule has 0 unspecified atom stereocenters. The van der Waals surface area contributed by atoms with Crippen LogP contribution in [0.4, 0.5) is 0 Å². The van der Waals surface area contributed by atoms with Crippen molar-refractivity contribution in [3.63, 3.8) is 0 Å². The molecule has 0 saturated heterocycles. The first kappa shape index (κ1) is 20.8. The largest absolute Gasteiger partial charge is 0.497 e. The second-order valence-electron chi connectivity index (χ2n) is 5.43. The Kier molecular flexibility index (Phi) is 7.83. The van der Waals surface area contributed by atoms with Gasteiger partial charge in [-0.05, 0) is 48.9 Å². The van der Waals surface area contributed by atoms with Crippen molar-refractivity contribution in [3.8, 4) is 17.2 Å². The van der Waals surface area contributed by atoms with E-state index in [1.54, 1.807) is 49.4 Å². The number of esters is 1. The van der Waals surface area contributed by atoms with Gasteiger partial charge >= 0.3 is 5.97 Å². The summed E-state index contributed by atoms with van der Waals surface area (Å²) < 4.78 is 20.4. The van der Waals surface area contributed by atoms with E-state index in [0.717, 1.165) is 5.56 Å². The highest BCUT2D eigenvalue weighted by Gasteiger charge is 2.12. The maximum absolute atomic E-state index is 12.3. The normalized spacial score (nSPS) is 10.4. The first-order chi connectivity index (χ1) is 13.6. The van der Waals surface area contributed by atoms with Crippen LogP contribution in [0.25, 0.3) is 0 Å². The fourth-order valence-electron chi connectivity index (χ4n) is 2.21. The van der Waals surface area contributed by atoms with Crippen molar-refractivity contribution in [2.75, 3.05) is 27.4 Å². The van der Waals surface area contributed by atoms with E-state index in [0.29, 0.717) is 29.4 Å². The van der Waals surface area contributed by atoms with Crippen LogP contribution in [0, 0.1) is 0 Å². The summed E-state index contributed by atoms with van der Waals surface area (Å²) in [6.45, 7) is 1.89. The van der Waals surface area contributed by atoms with Gasteiger partial charge in [0.05, 0.1) is 32.6 Å². The summed E-state index contributed by atoms with van der Waals surface area (Å²) in [7, 11) is 3.01. The molecular weight excluding hydrogens is 364 g/mol. The minimum Gasteiger partial charge on any atom is -0.497 e. The van der Waals surface area contributed by atoms with Crippen molar-refractivity contribution in [2.45, 2.75) is 6.92 Å². The third kappa shape index (κ3) is 6.01. The molecule has 1 amide bonds. The molecule has 28 heavy (non-hydrogen) atoms. The zero-order valence-electron chi connectivity index (χ0n) is 15.9. The molecular formula is C20H22N2O6. The zero-order valence-corrected chi connectivity index (χ0v) is 15.9. The summed E-state index contributed by atoms with van der Waals surface area (Å²) in [5, 5.41) is 3.94.